The molecule has 14 nitrogen and oxygen atoms in total. The first kappa shape index (κ1) is 37.6. The molecule has 0 aliphatic heterocycles. The Hall–Kier alpha value is 1.56. The number of benzene rings is 3. The zero-order valence-electron chi connectivity index (χ0n) is 18.7. The van der Waals surface area contributed by atoms with Crippen molar-refractivity contribution in [1.29, 1.82) is 0 Å². The summed E-state index contributed by atoms with van der Waals surface area (Å²) in [7, 11) is -15.4. The minimum absolute atomic E-state index is 0. The van der Waals surface area contributed by atoms with Gasteiger partial charge in [0.2, 0.25) is 0 Å². The Morgan fingerprint density at radius 2 is 1.28 bits per heavy atom. The molecule has 20 heteroatoms. The van der Waals surface area contributed by atoms with Gasteiger partial charge in [-0.15, -0.1) is 10.2 Å². The normalized spacial score (nSPS) is 12.0. The molecule has 3 aromatic carbocycles. The van der Waals surface area contributed by atoms with Gasteiger partial charge >= 0.3 is 154 Å². The van der Waals surface area contributed by atoms with Crippen LogP contribution in [-0.4, -0.2) is 49.1 Å². The Morgan fingerprint density at radius 3 is 1.78 bits per heavy atom. The minimum atomic E-state index is -5.40. The van der Waals surface area contributed by atoms with Crippen LogP contribution in [-0.2, 0) is 30.4 Å². The average Bonchev–Trinajstić information content (AvgIpc) is 2.65. The van der Waals surface area contributed by atoms with Gasteiger partial charge in [-0.1, -0.05) is 0 Å². The van der Waals surface area contributed by atoms with Gasteiger partial charge in [0.1, 0.15) is 47.5 Å². The summed E-state index contributed by atoms with van der Waals surface area (Å²) in [5.41, 5.74) is 3.56. The standard InChI is InChI=1S/C16H13N3O11S3.3K/c17-10-5-9(32(25,26)27)3-7-4-13(33(28,29)30)15(16(21)14(7)10)19-18-11-6-8(31(22,23)24)1-2-12(11)20;;;/h1-6,20-21H,17H2,(H,22,23,24)(H,25,26,27)(H,28,29,30);;;/q;3*+1/p-3. The largest absolute Gasteiger partial charge is 1.00 e. The van der Waals surface area contributed by atoms with E-state index in [-0.39, 0.29) is 160 Å². The van der Waals surface area contributed by atoms with Crippen LogP contribution in [0.3, 0.4) is 0 Å². The number of nitrogens with zero attached hydrogens (tertiary/aromatic N) is 2. The van der Waals surface area contributed by atoms with Crippen molar-refractivity contribution >= 4 is 58.2 Å². The second kappa shape index (κ2) is 14.0. The van der Waals surface area contributed by atoms with Crippen LogP contribution in [0.2, 0.25) is 0 Å². The average molecular weight is 634 g/mol. The summed E-state index contributed by atoms with van der Waals surface area (Å²) in [6, 6.07) is 4.11. The summed E-state index contributed by atoms with van der Waals surface area (Å²) in [5, 5.41) is 26.3. The summed E-state index contributed by atoms with van der Waals surface area (Å²) in [6.07, 6.45) is 0. The number of azo groups is 1. The first-order chi connectivity index (χ1) is 15.0. The quantitative estimate of drug-likeness (QED) is 0.102. The van der Waals surface area contributed by atoms with E-state index in [2.05, 4.69) is 10.2 Å². The number of fused-ring (bicyclic) bond motifs is 1. The zero-order valence-corrected chi connectivity index (χ0v) is 30.5. The van der Waals surface area contributed by atoms with Crippen molar-refractivity contribution in [3.8, 4) is 11.5 Å². The van der Waals surface area contributed by atoms with Crippen molar-refractivity contribution in [2.75, 3.05) is 5.73 Å². The second-order valence-electron chi connectivity index (χ2n) is 6.40. The van der Waals surface area contributed by atoms with Gasteiger partial charge in [-0.2, -0.15) is 0 Å². The van der Waals surface area contributed by atoms with Gasteiger partial charge < -0.3 is 29.6 Å². The maximum absolute atomic E-state index is 11.7. The molecule has 4 N–H and O–H groups in total. The molecule has 0 aliphatic carbocycles. The molecule has 0 radical (unpaired) electrons. The van der Waals surface area contributed by atoms with Crippen LogP contribution in [0.5, 0.6) is 11.5 Å². The molecule has 0 amide bonds. The van der Waals surface area contributed by atoms with Gasteiger partial charge in [-0.3, -0.25) is 0 Å². The number of nitrogens with two attached hydrogens (primary N) is 1. The molecule has 0 saturated heterocycles. The van der Waals surface area contributed by atoms with Gasteiger partial charge in [-0.25, -0.2) is 25.3 Å². The summed E-state index contributed by atoms with van der Waals surface area (Å²) >= 11 is 0. The maximum atomic E-state index is 11.7. The number of hydrogen-bond donors (Lipinski definition) is 3. The summed E-state index contributed by atoms with van der Waals surface area (Å²) < 4.78 is 102. The van der Waals surface area contributed by atoms with Crippen LogP contribution < -0.4 is 160 Å². The number of anilines is 1. The molecule has 3 rings (SSSR count). The van der Waals surface area contributed by atoms with Crippen LogP contribution in [0.1, 0.15) is 0 Å². The Bertz CT molecular complexity index is 1680. The topological polar surface area (TPSA) is 263 Å². The Morgan fingerprint density at radius 1 is 0.722 bits per heavy atom. The molecule has 3 aromatic rings. The van der Waals surface area contributed by atoms with E-state index < -0.39 is 79.0 Å². The zero-order chi connectivity index (χ0) is 24.9. The molecule has 176 valence electrons. The first-order valence-electron chi connectivity index (χ1n) is 8.22. The van der Waals surface area contributed by atoms with Crippen molar-refractivity contribution in [3.05, 3.63) is 36.4 Å². The van der Waals surface area contributed by atoms with Crippen LogP contribution >= 0.6 is 0 Å². The number of rotatable bonds is 5. The van der Waals surface area contributed by atoms with Gasteiger partial charge in [-0.05, 0) is 41.8 Å². The third-order valence-corrected chi connectivity index (χ3v) is 6.70. The van der Waals surface area contributed by atoms with E-state index >= 15 is 0 Å². The predicted octanol–water partition coefficient (Wildman–Crippen LogP) is -8.03. The van der Waals surface area contributed by atoms with E-state index in [1.807, 2.05) is 0 Å². The minimum Gasteiger partial charge on any atom is -0.744 e. The second-order valence-corrected chi connectivity index (χ2v) is 10.5. The molecule has 0 fully saturated rings. The predicted molar refractivity (Wildman–Crippen MR) is 106 cm³/mol. The summed E-state index contributed by atoms with van der Waals surface area (Å²) in [4.78, 5) is -2.89. The van der Waals surface area contributed by atoms with Gasteiger partial charge in [0.25, 0.3) is 0 Å². The molecule has 0 saturated carbocycles. The number of phenolic OH excluding ortho intramolecular Hbond substituents is 2. The molecule has 0 spiro atoms. The van der Waals surface area contributed by atoms with Crippen LogP contribution in [0.25, 0.3) is 10.8 Å². The smallest absolute Gasteiger partial charge is 0.744 e. The molecule has 0 atom stereocenters. The molecule has 0 aliphatic rings. The Kier molecular flexibility index (Phi) is 14.6. The molecule has 0 aromatic heterocycles. The molecular formula is C16H10K3N3O11S3. The maximum Gasteiger partial charge on any atom is 1.00 e. The Labute approximate surface area is 332 Å². The van der Waals surface area contributed by atoms with E-state index in [0.29, 0.717) is 24.3 Å². The van der Waals surface area contributed by atoms with Crippen molar-refractivity contribution in [3.63, 3.8) is 0 Å². The number of phenols is 2. The molecule has 0 unspecified atom stereocenters. The third kappa shape index (κ3) is 8.78. The van der Waals surface area contributed by atoms with E-state index in [0.717, 1.165) is 12.1 Å². The van der Waals surface area contributed by atoms with Crippen molar-refractivity contribution in [2.24, 2.45) is 10.2 Å². The molecule has 0 bridgehead atoms. The fourth-order valence-corrected chi connectivity index (χ4v) is 4.44. The number of hydrogen-bond acceptors (Lipinski definition) is 14. The number of aromatic hydroxyl groups is 2. The molecule has 0 heterocycles. The van der Waals surface area contributed by atoms with Gasteiger partial charge in [0, 0.05) is 11.1 Å². The summed E-state index contributed by atoms with van der Waals surface area (Å²) in [6.45, 7) is 0. The van der Waals surface area contributed by atoms with Gasteiger partial charge in [0.05, 0.1) is 14.7 Å². The number of nitrogen functional groups attached to an aromatic ring is 1. The van der Waals surface area contributed by atoms with Crippen molar-refractivity contribution in [1.82, 2.24) is 0 Å². The monoisotopic (exact) mass is 633 g/mol. The van der Waals surface area contributed by atoms with E-state index in [1.54, 1.807) is 0 Å². The fourth-order valence-electron chi connectivity index (χ4n) is 2.77. The summed E-state index contributed by atoms with van der Waals surface area (Å²) in [5.74, 6) is -1.74. The van der Waals surface area contributed by atoms with E-state index in [4.69, 9.17) is 5.73 Å². The van der Waals surface area contributed by atoms with Crippen LogP contribution in [0.15, 0.2) is 61.3 Å². The van der Waals surface area contributed by atoms with Gasteiger partial charge in [0.15, 0.2) is 5.75 Å². The van der Waals surface area contributed by atoms with Crippen molar-refractivity contribution in [2.45, 2.75) is 14.7 Å². The molecule has 36 heavy (non-hydrogen) atoms. The van der Waals surface area contributed by atoms with Crippen LogP contribution in [0, 0.1) is 0 Å². The van der Waals surface area contributed by atoms with Crippen molar-refractivity contribution < 1.29 is 203 Å². The van der Waals surface area contributed by atoms with E-state index in [9.17, 15) is 49.1 Å². The molecular weight excluding hydrogens is 624 g/mol. The Balaban J connectivity index is 0.00000408. The van der Waals surface area contributed by atoms with Crippen LogP contribution in [0.4, 0.5) is 17.1 Å². The fraction of sp³-hybridized carbons (Fsp3) is 0. The SMILES string of the molecule is Nc1cc(S(=O)(=O)[O-])cc2cc(S(=O)(=O)[O-])c(N=Nc3cc(S(=O)(=O)[O-])ccc3O)c(O)c12.[K+].[K+].[K+]. The third-order valence-electron chi connectivity index (χ3n) is 4.21. The first-order valence-corrected chi connectivity index (χ1v) is 12.4. The van der Waals surface area contributed by atoms with E-state index in [1.165, 1.54) is 0 Å².